The molecular weight excluding hydrogens is 252 g/mol. The van der Waals surface area contributed by atoms with Crippen LogP contribution >= 0.6 is 0 Å². The van der Waals surface area contributed by atoms with E-state index < -0.39 is 6.04 Å². The number of amides is 1. The number of nitrogens with one attached hydrogen (secondary N) is 1. The number of rotatable bonds is 7. The monoisotopic (exact) mass is 272 g/mol. The molecule has 20 heavy (non-hydrogen) atoms. The molecule has 0 aliphatic rings. The highest BCUT2D eigenvalue weighted by atomic mass is 16.2. The summed E-state index contributed by atoms with van der Waals surface area (Å²) in [6, 6.07) is 9.59. The lowest BCUT2D eigenvalue weighted by Gasteiger charge is -2.12. The Kier molecular flexibility index (Phi) is 5.32. The second-order valence-electron chi connectivity index (χ2n) is 4.72. The first-order valence-corrected chi connectivity index (χ1v) is 6.78. The Hall–Kier alpha value is -2.14. The van der Waals surface area contributed by atoms with Gasteiger partial charge in [0, 0.05) is 25.5 Å². The summed E-state index contributed by atoms with van der Waals surface area (Å²) in [5.41, 5.74) is 7.10. The number of hydrogen-bond acceptors (Lipinski definition) is 3. The summed E-state index contributed by atoms with van der Waals surface area (Å²) < 4.78 is 1.91. The molecule has 2 rings (SSSR count). The number of hydrogen-bond donors (Lipinski definition) is 2. The average Bonchev–Trinajstić information content (AvgIpc) is 2.99. The highest BCUT2D eigenvalue weighted by Crippen LogP contribution is 2.04. The van der Waals surface area contributed by atoms with E-state index >= 15 is 0 Å². The Morgan fingerprint density at radius 1 is 1.35 bits per heavy atom. The maximum Gasteiger partial charge on any atom is 0.236 e. The largest absolute Gasteiger partial charge is 0.353 e. The summed E-state index contributed by atoms with van der Waals surface area (Å²) >= 11 is 0. The van der Waals surface area contributed by atoms with Crippen molar-refractivity contribution >= 4 is 5.91 Å². The standard InChI is InChI=1S/C15H20N4O/c16-14(7-6-13-4-2-1-3-5-13)15(20)18-9-11-19-10-8-17-12-19/h1-5,8,10,12,14H,6-7,9,11,16H2,(H,18,20)/t14-/m0/s1. The van der Waals surface area contributed by atoms with Crippen molar-refractivity contribution in [3.8, 4) is 0 Å². The van der Waals surface area contributed by atoms with Gasteiger partial charge in [0.2, 0.25) is 5.91 Å². The molecule has 0 unspecified atom stereocenters. The fraction of sp³-hybridized carbons (Fsp3) is 0.333. The molecule has 2 aromatic rings. The number of aryl methyl sites for hydroxylation is 1. The van der Waals surface area contributed by atoms with Crippen molar-refractivity contribution in [3.63, 3.8) is 0 Å². The van der Waals surface area contributed by atoms with E-state index in [1.165, 1.54) is 5.56 Å². The predicted octanol–water partition coefficient (Wildman–Crippen LogP) is 0.959. The van der Waals surface area contributed by atoms with Crippen LogP contribution in [0.2, 0.25) is 0 Å². The van der Waals surface area contributed by atoms with Crippen LogP contribution in [-0.4, -0.2) is 28.0 Å². The molecule has 1 aromatic carbocycles. The molecule has 0 aliphatic carbocycles. The van der Waals surface area contributed by atoms with E-state index in [0.717, 1.165) is 6.42 Å². The molecule has 3 N–H and O–H groups in total. The summed E-state index contributed by atoms with van der Waals surface area (Å²) in [5.74, 6) is -0.0963. The first kappa shape index (κ1) is 14.3. The first-order valence-electron chi connectivity index (χ1n) is 6.78. The first-order chi connectivity index (χ1) is 9.75. The third-order valence-corrected chi connectivity index (χ3v) is 3.15. The smallest absolute Gasteiger partial charge is 0.236 e. The van der Waals surface area contributed by atoms with E-state index in [9.17, 15) is 4.79 Å². The quantitative estimate of drug-likeness (QED) is 0.788. The molecule has 0 fully saturated rings. The Balaban J connectivity index is 1.66. The van der Waals surface area contributed by atoms with Crippen LogP contribution in [0.15, 0.2) is 49.1 Å². The van der Waals surface area contributed by atoms with Crippen LogP contribution in [-0.2, 0) is 17.8 Å². The minimum atomic E-state index is -0.460. The Labute approximate surface area is 118 Å². The molecule has 5 nitrogen and oxygen atoms in total. The number of carbonyl (C=O) groups excluding carboxylic acids is 1. The number of carbonyl (C=O) groups is 1. The van der Waals surface area contributed by atoms with Gasteiger partial charge >= 0.3 is 0 Å². The van der Waals surface area contributed by atoms with Gasteiger partial charge in [0.05, 0.1) is 12.4 Å². The van der Waals surface area contributed by atoms with E-state index in [0.29, 0.717) is 19.5 Å². The van der Waals surface area contributed by atoms with Gasteiger partial charge in [-0.05, 0) is 18.4 Å². The fourth-order valence-corrected chi connectivity index (χ4v) is 1.96. The second-order valence-corrected chi connectivity index (χ2v) is 4.72. The maximum atomic E-state index is 11.8. The lowest BCUT2D eigenvalue weighted by Crippen LogP contribution is -2.41. The van der Waals surface area contributed by atoms with Gasteiger partial charge in [0.15, 0.2) is 0 Å². The Bertz CT molecular complexity index is 510. The molecule has 0 bridgehead atoms. The number of aromatic nitrogens is 2. The highest BCUT2D eigenvalue weighted by Gasteiger charge is 2.12. The molecule has 5 heteroatoms. The lowest BCUT2D eigenvalue weighted by atomic mass is 10.1. The summed E-state index contributed by atoms with van der Waals surface area (Å²) in [7, 11) is 0. The van der Waals surface area contributed by atoms with E-state index in [1.54, 1.807) is 12.5 Å². The van der Waals surface area contributed by atoms with Crippen LogP contribution in [0, 0.1) is 0 Å². The molecule has 0 radical (unpaired) electrons. The van der Waals surface area contributed by atoms with Crippen molar-refractivity contribution in [1.29, 1.82) is 0 Å². The SMILES string of the molecule is N[C@@H](CCc1ccccc1)C(=O)NCCn1ccnc1. The Morgan fingerprint density at radius 3 is 2.85 bits per heavy atom. The second kappa shape index (κ2) is 7.45. The normalized spacial score (nSPS) is 12.1. The minimum Gasteiger partial charge on any atom is -0.353 e. The number of imidazole rings is 1. The molecular formula is C15H20N4O. The van der Waals surface area contributed by atoms with Gasteiger partial charge in [-0.3, -0.25) is 4.79 Å². The van der Waals surface area contributed by atoms with Crippen molar-refractivity contribution in [2.75, 3.05) is 6.54 Å². The summed E-state index contributed by atoms with van der Waals surface area (Å²) in [5, 5.41) is 2.84. The summed E-state index contributed by atoms with van der Waals surface area (Å²) in [4.78, 5) is 15.8. The topological polar surface area (TPSA) is 72.9 Å². The van der Waals surface area contributed by atoms with Gasteiger partial charge in [-0.25, -0.2) is 4.98 Å². The van der Waals surface area contributed by atoms with Gasteiger partial charge < -0.3 is 15.6 Å². The summed E-state index contributed by atoms with van der Waals surface area (Å²) in [6.07, 6.45) is 6.77. The van der Waals surface area contributed by atoms with Crippen molar-refractivity contribution in [2.24, 2.45) is 5.73 Å². The zero-order valence-electron chi connectivity index (χ0n) is 11.4. The van der Waals surface area contributed by atoms with Crippen LogP contribution in [0.1, 0.15) is 12.0 Å². The van der Waals surface area contributed by atoms with Crippen molar-refractivity contribution in [2.45, 2.75) is 25.4 Å². The molecule has 0 spiro atoms. The van der Waals surface area contributed by atoms with Crippen LogP contribution in [0.3, 0.4) is 0 Å². The molecule has 106 valence electrons. The number of nitrogens with zero attached hydrogens (tertiary/aromatic N) is 2. The summed E-state index contributed by atoms with van der Waals surface area (Å²) in [6.45, 7) is 1.27. The molecule has 0 saturated carbocycles. The molecule has 1 aromatic heterocycles. The van der Waals surface area contributed by atoms with Crippen LogP contribution in [0.4, 0.5) is 0 Å². The average molecular weight is 272 g/mol. The molecule has 0 saturated heterocycles. The predicted molar refractivity (Wildman–Crippen MR) is 78.0 cm³/mol. The van der Waals surface area contributed by atoms with E-state index in [-0.39, 0.29) is 5.91 Å². The van der Waals surface area contributed by atoms with Gasteiger partial charge in [-0.1, -0.05) is 30.3 Å². The lowest BCUT2D eigenvalue weighted by molar-refractivity contribution is -0.122. The van der Waals surface area contributed by atoms with E-state index in [1.807, 2.05) is 41.1 Å². The van der Waals surface area contributed by atoms with Crippen LogP contribution in [0.5, 0.6) is 0 Å². The van der Waals surface area contributed by atoms with E-state index in [2.05, 4.69) is 10.3 Å². The van der Waals surface area contributed by atoms with Crippen LogP contribution < -0.4 is 11.1 Å². The molecule has 0 aliphatic heterocycles. The number of benzene rings is 1. The van der Waals surface area contributed by atoms with Gasteiger partial charge in [0.1, 0.15) is 0 Å². The van der Waals surface area contributed by atoms with Crippen LogP contribution in [0.25, 0.3) is 0 Å². The molecule has 1 amide bonds. The molecule has 1 atom stereocenters. The third-order valence-electron chi connectivity index (χ3n) is 3.15. The van der Waals surface area contributed by atoms with Gasteiger partial charge in [0.25, 0.3) is 0 Å². The number of nitrogens with two attached hydrogens (primary N) is 1. The van der Waals surface area contributed by atoms with E-state index in [4.69, 9.17) is 5.73 Å². The van der Waals surface area contributed by atoms with Crippen molar-refractivity contribution < 1.29 is 4.79 Å². The van der Waals surface area contributed by atoms with Gasteiger partial charge in [-0.15, -0.1) is 0 Å². The zero-order valence-corrected chi connectivity index (χ0v) is 11.4. The highest BCUT2D eigenvalue weighted by molar-refractivity contribution is 5.81. The fourth-order valence-electron chi connectivity index (χ4n) is 1.96. The van der Waals surface area contributed by atoms with Crippen molar-refractivity contribution in [1.82, 2.24) is 14.9 Å². The molecule has 1 heterocycles. The Morgan fingerprint density at radius 2 is 2.15 bits per heavy atom. The minimum absolute atomic E-state index is 0.0963. The maximum absolute atomic E-state index is 11.8. The van der Waals surface area contributed by atoms with Crippen molar-refractivity contribution in [3.05, 3.63) is 54.6 Å². The zero-order chi connectivity index (χ0) is 14.2. The van der Waals surface area contributed by atoms with Gasteiger partial charge in [-0.2, -0.15) is 0 Å². The third kappa shape index (κ3) is 4.51.